The van der Waals surface area contributed by atoms with E-state index in [1.54, 1.807) is 39.3 Å². The maximum Gasteiger partial charge on any atom is 0.242 e. The molecule has 0 N–H and O–H groups in total. The topological polar surface area (TPSA) is 40.6 Å². The Bertz CT molecular complexity index is 1060. The summed E-state index contributed by atoms with van der Waals surface area (Å²) in [7, 11) is 0. The monoisotopic (exact) mass is 464 g/mol. The van der Waals surface area contributed by atoms with Crippen LogP contribution in [0, 0.1) is 12.7 Å². The Kier molecular flexibility index (Phi) is 8.95. The van der Waals surface area contributed by atoms with E-state index in [-0.39, 0.29) is 24.2 Å². The molecule has 0 saturated heterocycles. The average molecular weight is 465 g/mol. The second kappa shape index (κ2) is 12.1. The third-order valence-corrected chi connectivity index (χ3v) is 6.27. The van der Waals surface area contributed by atoms with Crippen LogP contribution in [0.1, 0.15) is 27.3 Å². The van der Waals surface area contributed by atoms with Crippen LogP contribution in [0.3, 0.4) is 0 Å². The van der Waals surface area contributed by atoms with Gasteiger partial charge in [-0.15, -0.1) is 17.9 Å². The highest BCUT2D eigenvalue weighted by molar-refractivity contribution is 7.11. The maximum atomic E-state index is 13.3. The van der Waals surface area contributed by atoms with Crippen LogP contribution in [-0.4, -0.2) is 34.7 Å². The van der Waals surface area contributed by atoms with Gasteiger partial charge in [-0.3, -0.25) is 9.59 Å². The number of carbonyl (C=O) groups excluding carboxylic acids is 2. The van der Waals surface area contributed by atoms with E-state index < -0.39 is 0 Å². The van der Waals surface area contributed by atoms with Crippen LogP contribution in [0.25, 0.3) is 0 Å². The van der Waals surface area contributed by atoms with E-state index in [9.17, 15) is 14.0 Å². The van der Waals surface area contributed by atoms with Crippen molar-refractivity contribution in [2.24, 2.45) is 0 Å². The van der Waals surface area contributed by atoms with Crippen LogP contribution in [0.15, 0.2) is 79.4 Å². The number of nitrogens with zero attached hydrogens (tertiary/aromatic N) is 2. The second-order valence-corrected chi connectivity index (χ2v) is 9.31. The molecule has 0 unspecified atom stereocenters. The molecule has 3 aromatic rings. The molecule has 172 valence electrons. The second-order valence-electron chi connectivity index (χ2n) is 7.94. The van der Waals surface area contributed by atoms with Gasteiger partial charge < -0.3 is 9.80 Å². The summed E-state index contributed by atoms with van der Waals surface area (Å²) in [6.07, 6.45) is 2.59. The number of thiophene rings is 1. The minimum atomic E-state index is -0.313. The first-order valence-electron chi connectivity index (χ1n) is 10.9. The number of halogens is 1. The van der Waals surface area contributed by atoms with Crippen LogP contribution in [0.4, 0.5) is 4.39 Å². The standard InChI is InChI=1S/C27H29FN2O2S/c1-3-17-29(26(31)16-12-22-7-5-4-6-8-22)20-27(32)30(19-25-15-9-21(2)33-25)18-23-10-13-24(28)14-11-23/h3-11,13-15H,1,12,16-20H2,2H3. The van der Waals surface area contributed by atoms with Crippen molar-refractivity contribution < 1.29 is 14.0 Å². The van der Waals surface area contributed by atoms with Crippen LogP contribution < -0.4 is 0 Å². The van der Waals surface area contributed by atoms with E-state index in [1.165, 1.54) is 17.0 Å². The summed E-state index contributed by atoms with van der Waals surface area (Å²) in [4.78, 5) is 31.7. The molecule has 0 aliphatic carbocycles. The Balaban J connectivity index is 1.70. The lowest BCUT2D eigenvalue weighted by atomic mass is 10.1. The van der Waals surface area contributed by atoms with Gasteiger partial charge in [-0.2, -0.15) is 0 Å². The fourth-order valence-corrected chi connectivity index (χ4v) is 4.43. The van der Waals surface area contributed by atoms with Gasteiger partial charge in [-0.05, 0) is 48.7 Å². The van der Waals surface area contributed by atoms with Gasteiger partial charge in [0.2, 0.25) is 11.8 Å². The van der Waals surface area contributed by atoms with Crippen molar-refractivity contribution in [3.05, 3.63) is 106 Å². The molecule has 2 amide bonds. The van der Waals surface area contributed by atoms with E-state index in [0.717, 1.165) is 16.0 Å². The number of rotatable bonds is 11. The van der Waals surface area contributed by atoms with Crippen LogP contribution in [0.2, 0.25) is 0 Å². The van der Waals surface area contributed by atoms with E-state index in [2.05, 4.69) is 6.58 Å². The number of amides is 2. The highest BCUT2D eigenvalue weighted by atomic mass is 32.1. The number of aryl methyl sites for hydroxylation is 2. The lowest BCUT2D eigenvalue weighted by molar-refractivity contribution is -0.140. The molecular weight excluding hydrogens is 435 g/mol. The normalized spacial score (nSPS) is 10.6. The molecule has 3 rings (SSSR count). The molecule has 0 atom stereocenters. The van der Waals surface area contributed by atoms with E-state index >= 15 is 0 Å². The van der Waals surface area contributed by atoms with Gasteiger partial charge >= 0.3 is 0 Å². The summed E-state index contributed by atoms with van der Waals surface area (Å²) >= 11 is 1.64. The lowest BCUT2D eigenvalue weighted by Gasteiger charge is -2.27. The van der Waals surface area contributed by atoms with Gasteiger partial charge in [0.1, 0.15) is 12.4 Å². The van der Waals surface area contributed by atoms with Crippen LogP contribution >= 0.6 is 11.3 Å². The Morgan fingerprint density at radius 1 is 0.909 bits per heavy atom. The molecule has 0 aliphatic rings. The minimum Gasteiger partial charge on any atom is -0.332 e. The molecule has 0 bridgehead atoms. The Hall–Kier alpha value is -3.25. The van der Waals surface area contributed by atoms with Gasteiger partial charge in [0.25, 0.3) is 0 Å². The van der Waals surface area contributed by atoms with Crippen molar-refractivity contribution in [2.45, 2.75) is 32.9 Å². The Labute approximate surface area is 199 Å². The summed E-state index contributed by atoms with van der Waals surface area (Å²) in [5, 5.41) is 0. The van der Waals surface area contributed by atoms with E-state index in [4.69, 9.17) is 0 Å². The van der Waals surface area contributed by atoms with Gasteiger partial charge in [-0.1, -0.05) is 48.5 Å². The molecule has 4 nitrogen and oxygen atoms in total. The molecule has 33 heavy (non-hydrogen) atoms. The molecule has 2 aromatic carbocycles. The maximum absolute atomic E-state index is 13.3. The lowest BCUT2D eigenvalue weighted by Crippen LogP contribution is -2.42. The van der Waals surface area contributed by atoms with Crippen LogP contribution in [-0.2, 0) is 29.1 Å². The van der Waals surface area contributed by atoms with Crippen molar-refractivity contribution in [3.8, 4) is 0 Å². The van der Waals surface area contributed by atoms with Crippen molar-refractivity contribution >= 4 is 23.2 Å². The van der Waals surface area contributed by atoms with E-state index in [0.29, 0.717) is 32.5 Å². The summed E-state index contributed by atoms with van der Waals surface area (Å²) in [6.45, 7) is 6.84. The highest BCUT2D eigenvalue weighted by Crippen LogP contribution is 2.19. The van der Waals surface area contributed by atoms with Gasteiger partial charge in [0, 0.05) is 29.3 Å². The zero-order valence-corrected chi connectivity index (χ0v) is 19.7. The predicted molar refractivity (Wildman–Crippen MR) is 131 cm³/mol. The fourth-order valence-electron chi connectivity index (χ4n) is 3.53. The summed E-state index contributed by atoms with van der Waals surface area (Å²) in [5.74, 6) is -0.548. The predicted octanol–water partition coefficient (Wildman–Crippen LogP) is 5.37. The van der Waals surface area contributed by atoms with Gasteiger partial charge in [0.15, 0.2) is 0 Å². The van der Waals surface area contributed by atoms with Crippen molar-refractivity contribution in [2.75, 3.05) is 13.1 Å². The van der Waals surface area contributed by atoms with Crippen molar-refractivity contribution in [1.82, 2.24) is 9.80 Å². The third kappa shape index (κ3) is 7.68. The van der Waals surface area contributed by atoms with Gasteiger partial charge in [0.05, 0.1) is 6.54 Å². The molecule has 1 heterocycles. The Morgan fingerprint density at radius 2 is 1.64 bits per heavy atom. The number of benzene rings is 2. The highest BCUT2D eigenvalue weighted by Gasteiger charge is 2.21. The summed E-state index contributed by atoms with van der Waals surface area (Å²) in [5.41, 5.74) is 1.92. The smallest absolute Gasteiger partial charge is 0.242 e. The summed E-state index contributed by atoms with van der Waals surface area (Å²) in [6, 6.07) is 20.0. The molecule has 0 radical (unpaired) electrons. The molecule has 6 heteroatoms. The number of carbonyl (C=O) groups is 2. The molecule has 1 aromatic heterocycles. The minimum absolute atomic E-state index is 0.0226. The number of hydrogen-bond donors (Lipinski definition) is 0. The first-order valence-corrected chi connectivity index (χ1v) is 11.8. The van der Waals surface area contributed by atoms with Crippen LogP contribution in [0.5, 0.6) is 0 Å². The van der Waals surface area contributed by atoms with Gasteiger partial charge in [-0.25, -0.2) is 4.39 Å². The van der Waals surface area contributed by atoms with E-state index in [1.807, 2.05) is 49.4 Å². The molecular formula is C27H29FN2O2S. The zero-order valence-electron chi connectivity index (χ0n) is 18.9. The third-order valence-electron chi connectivity index (χ3n) is 5.28. The fraction of sp³-hybridized carbons (Fsp3) is 0.259. The molecule has 0 spiro atoms. The van der Waals surface area contributed by atoms with Crippen molar-refractivity contribution in [3.63, 3.8) is 0 Å². The largest absolute Gasteiger partial charge is 0.332 e. The molecule has 0 saturated carbocycles. The average Bonchev–Trinajstić information content (AvgIpc) is 3.23. The first kappa shape index (κ1) is 24.4. The quantitative estimate of drug-likeness (QED) is 0.358. The summed E-state index contributed by atoms with van der Waals surface area (Å²) < 4.78 is 13.3. The zero-order chi connectivity index (χ0) is 23.6. The molecule has 0 aliphatic heterocycles. The SMILES string of the molecule is C=CCN(CC(=O)N(Cc1ccc(F)cc1)Cc1ccc(C)s1)C(=O)CCc1ccccc1. The molecule has 0 fully saturated rings. The Morgan fingerprint density at radius 3 is 2.27 bits per heavy atom. The number of hydrogen-bond acceptors (Lipinski definition) is 3. The van der Waals surface area contributed by atoms with Crippen molar-refractivity contribution in [1.29, 1.82) is 0 Å². The first-order chi connectivity index (χ1) is 15.9.